The minimum absolute atomic E-state index is 0.333. The van der Waals surface area contributed by atoms with E-state index in [9.17, 15) is 9.59 Å². The van der Waals surface area contributed by atoms with Crippen LogP contribution in [0.4, 0.5) is 0 Å². The summed E-state index contributed by atoms with van der Waals surface area (Å²) in [6.07, 6.45) is 1.33. The van der Waals surface area contributed by atoms with Gasteiger partial charge in [-0.1, -0.05) is 18.2 Å². The number of benzene rings is 1. The number of para-hydroxylation sites is 1. The van der Waals surface area contributed by atoms with Crippen molar-refractivity contribution < 1.29 is 19.1 Å². The van der Waals surface area contributed by atoms with Crippen molar-refractivity contribution in [1.82, 2.24) is 5.32 Å². The minimum Gasteiger partial charge on any atom is -0.480 e. The molecule has 0 bridgehead atoms. The number of hydrogen-bond acceptors (Lipinski definition) is 3. The molecule has 0 fully saturated rings. The van der Waals surface area contributed by atoms with Crippen molar-refractivity contribution in [3.63, 3.8) is 0 Å². The zero-order valence-corrected chi connectivity index (χ0v) is 10.1. The molecule has 5 heteroatoms. The zero-order chi connectivity index (χ0) is 13.3. The van der Waals surface area contributed by atoms with Crippen LogP contribution < -0.4 is 5.32 Å². The molecular formula is C13H13NO4. The van der Waals surface area contributed by atoms with Crippen molar-refractivity contribution in [2.75, 3.05) is 0 Å². The van der Waals surface area contributed by atoms with E-state index in [0.29, 0.717) is 16.5 Å². The standard InChI is InChI=1S/C13H13NO4/c1-13(2,12(16)17)14-11(15)9-7-18-10-6-4-3-5-8(9)10/h3-7H,1-2H3,(H,14,15)(H,16,17). The fourth-order valence-electron chi connectivity index (χ4n) is 1.56. The van der Waals surface area contributed by atoms with Gasteiger partial charge in [-0.05, 0) is 19.9 Å². The van der Waals surface area contributed by atoms with Crippen molar-refractivity contribution in [3.05, 3.63) is 36.1 Å². The molecule has 0 radical (unpaired) electrons. The van der Waals surface area contributed by atoms with Crippen LogP contribution in [0.15, 0.2) is 34.9 Å². The van der Waals surface area contributed by atoms with Crippen LogP contribution in [-0.4, -0.2) is 22.5 Å². The van der Waals surface area contributed by atoms with Crippen molar-refractivity contribution in [2.24, 2.45) is 0 Å². The van der Waals surface area contributed by atoms with E-state index in [1.165, 1.54) is 20.1 Å². The van der Waals surface area contributed by atoms with E-state index in [1.54, 1.807) is 24.3 Å². The van der Waals surface area contributed by atoms with Gasteiger partial charge >= 0.3 is 5.97 Å². The normalized spacial score (nSPS) is 11.4. The Labute approximate surface area is 103 Å². The number of carboxylic acids is 1. The Bertz CT molecular complexity index is 612. The molecule has 1 heterocycles. The number of carbonyl (C=O) groups excluding carboxylic acids is 1. The van der Waals surface area contributed by atoms with Gasteiger partial charge in [0.05, 0.1) is 5.56 Å². The molecule has 5 nitrogen and oxygen atoms in total. The molecule has 2 aromatic rings. The summed E-state index contributed by atoms with van der Waals surface area (Å²) in [6.45, 7) is 2.85. The number of fused-ring (bicyclic) bond motifs is 1. The molecule has 2 rings (SSSR count). The zero-order valence-electron chi connectivity index (χ0n) is 10.1. The second kappa shape index (κ2) is 4.18. The average Bonchev–Trinajstić information content (AvgIpc) is 2.71. The fraction of sp³-hybridized carbons (Fsp3) is 0.231. The molecule has 0 atom stereocenters. The van der Waals surface area contributed by atoms with Gasteiger partial charge in [0.25, 0.3) is 5.91 Å². The molecule has 1 aromatic heterocycles. The summed E-state index contributed by atoms with van der Waals surface area (Å²) in [7, 11) is 0. The predicted molar refractivity (Wildman–Crippen MR) is 65.4 cm³/mol. The quantitative estimate of drug-likeness (QED) is 0.869. The van der Waals surface area contributed by atoms with Gasteiger partial charge in [-0.25, -0.2) is 4.79 Å². The van der Waals surface area contributed by atoms with E-state index >= 15 is 0 Å². The highest BCUT2D eigenvalue weighted by molar-refractivity contribution is 6.07. The van der Waals surface area contributed by atoms with Crippen LogP contribution in [0, 0.1) is 0 Å². The fourth-order valence-corrected chi connectivity index (χ4v) is 1.56. The lowest BCUT2D eigenvalue weighted by molar-refractivity contribution is -0.143. The summed E-state index contributed by atoms with van der Waals surface area (Å²) in [5, 5.41) is 12.1. The second-order valence-electron chi connectivity index (χ2n) is 4.53. The van der Waals surface area contributed by atoms with E-state index in [-0.39, 0.29) is 0 Å². The van der Waals surface area contributed by atoms with Gasteiger partial charge < -0.3 is 14.8 Å². The number of carbonyl (C=O) groups is 2. The van der Waals surface area contributed by atoms with Crippen molar-refractivity contribution in [2.45, 2.75) is 19.4 Å². The first-order valence-electron chi connectivity index (χ1n) is 5.44. The number of aliphatic carboxylic acids is 1. The van der Waals surface area contributed by atoms with E-state index in [0.717, 1.165) is 0 Å². The highest BCUT2D eigenvalue weighted by atomic mass is 16.4. The molecule has 0 saturated heterocycles. The summed E-state index contributed by atoms with van der Waals surface area (Å²) in [4.78, 5) is 23.0. The lowest BCUT2D eigenvalue weighted by Gasteiger charge is -2.20. The van der Waals surface area contributed by atoms with E-state index < -0.39 is 17.4 Å². The van der Waals surface area contributed by atoms with Crippen LogP contribution >= 0.6 is 0 Å². The maximum absolute atomic E-state index is 12.0. The van der Waals surface area contributed by atoms with Gasteiger partial charge in [-0.3, -0.25) is 4.79 Å². The largest absolute Gasteiger partial charge is 0.480 e. The Morgan fingerprint density at radius 2 is 1.94 bits per heavy atom. The summed E-state index contributed by atoms with van der Waals surface area (Å²) in [5.41, 5.74) is -0.397. The lowest BCUT2D eigenvalue weighted by atomic mass is 10.1. The Kier molecular flexibility index (Phi) is 2.82. The molecule has 18 heavy (non-hydrogen) atoms. The predicted octanol–water partition coefficient (Wildman–Crippen LogP) is 2.03. The van der Waals surface area contributed by atoms with Crippen LogP contribution in [0.25, 0.3) is 11.0 Å². The second-order valence-corrected chi connectivity index (χ2v) is 4.53. The maximum Gasteiger partial charge on any atom is 0.328 e. The molecule has 0 spiro atoms. The van der Waals surface area contributed by atoms with Gasteiger partial charge in [0, 0.05) is 5.39 Å². The smallest absolute Gasteiger partial charge is 0.328 e. The molecule has 0 aliphatic rings. The van der Waals surface area contributed by atoms with E-state index in [4.69, 9.17) is 9.52 Å². The highest BCUT2D eigenvalue weighted by Gasteiger charge is 2.30. The molecule has 0 aliphatic heterocycles. The summed E-state index contributed by atoms with van der Waals surface area (Å²) in [5.74, 6) is -1.56. The molecule has 1 amide bonds. The van der Waals surface area contributed by atoms with Crippen molar-refractivity contribution in [3.8, 4) is 0 Å². The Morgan fingerprint density at radius 3 is 2.61 bits per heavy atom. The number of hydrogen-bond donors (Lipinski definition) is 2. The van der Waals surface area contributed by atoms with Crippen LogP contribution in [-0.2, 0) is 4.79 Å². The third-order valence-corrected chi connectivity index (χ3v) is 2.69. The number of rotatable bonds is 3. The van der Waals surface area contributed by atoms with Gasteiger partial charge in [0.15, 0.2) is 0 Å². The van der Waals surface area contributed by atoms with Crippen molar-refractivity contribution in [1.29, 1.82) is 0 Å². The first-order valence-corrected chi connectivity index (χ1v) is 5.44. The molecule has 1 aromatic carbocycles. The van der Waals surface area contributed by atoms with Gasteiger partial charge in [0.1, 0.15) is 17.4 Å². The van der Waals surface area contributed by atoms with Crippen LogP contribution in [0.5, 0.6) is 0 Å². The van der Waals surface area contributed by atoms with Crippen LogP contribution in [0.3, 0.4) is 0 Å². The van der Waals surface area contributed by atoms with E-state index in [1.807, 2.05) is 0 Å². The average molecular weight is 247 g/mol. The van der Waals surface area contributed by atoms with Gasteiger partial charge in [0.2, 0.25) is 0 Å². The molecular weight excluding hydrogens is 234 g/mol. The SMILES string of the molecule is CC(C)(NC(=O)c1coc2ccccc12)C(=O)O. The number of carboxylic acid groups (broad SMARTS) is 1. The lowest BCUT2D eigenvalue weighted by Crippen LogP contribution is -2.49. The molecule has 0 unspecified atom stereocenters. The van der Waals surface area contributed by atoms with Crippen LogP contribution in [0.2, 0.25) is 0 Å². The van der Waals surface area contributed by atoms with Crippen molar-refractivity contribution >= 4 is 22.8 Å². The topological polar surface area (TPSA) is 79.5 Å². The number of amides is 1. The van der Waals surface area contributed by atoms with Gasteiger partial charge in [-0.2, -0.15) is 0 Å². The molecule has 94 valence electrons. The third kappa shape index (κ3) is 2.07. The number of furan rings is 1. The van der Waals surface area contributed by atoms with Gasteiger partial charge in [-0.15, -0.1) is 0 Å². The molecule has 2 N–H and O–H groups in total. The molecule has 0 aliphatic carbocycles. The maximum atomic E-state index is 12.0. The first kappa shape index (κ1) is 12.2. The Hall–Kier alpha value is -2.30. The summed E-state index contributed by atoms with van der Waals surface area (Å²) >= 11 is 0. The monoisotopic (exact) mass is 247 g/mol. The third-order valence-electron chi connectivity index (χ3n) is 2.69. The number of nitrogens with one attached hydrogen (secondary N) is 1. The first-order chi connectivity index (χ1) is 8.42. The van der Waals surface area contributed by atoms with E-state index in [2.05, 4.69) is 5.32 Å². The molecule has 0 saturated carbocycles. The Morgan fingerprint density at radius 1 is 1.28 bits per heavy atom. The van der Waals surface area contributed by atoms with Crippen LogP contribution in [0.1, 0.15) is 24.2 Å². The Balaban J connectivity index is 2.32. The highest BCUT2D eigenvalue weighted by Crippen LogP contribution is 2.21. The summed E-state index contributed by atoms with van der Waals surface area (Å²) < 4.78 is 5.24. The summed E-state index contributed by atoms with van der Waals surface area (Å²) in [6, 6.07) is 7.08. The minimum atomic E-state index is -1.32.